The molecule has 5 N–H and O–H groups in total. The number of amides is 2. The van der Waals surface area contributed by atoms with Crippen LogP contribution in [0.3, 0.4) is 0 Å². The lowest BCUT2D eigenvalue weighted by molar-refractivity contribution is 0.228. The molecule has 5 heteroatoms. The third-order valence-electron chi connectivity index (χ3n) is 3.13. The molecule has 1 aliphatic carbocycles. The summed E-state index contributed by atoms with van der Waals surface area (Å²) in [5.74, 6) is 0.0377. The Morgan fingerprint density at radius 3 is 2.83 bits per heavy atom. The van der Waals surface area contributed by atoms with Gasteiger partial charge in [-0.1, -0.05) is 18.2 Å². The second kappa shape index (κ2) is 5.53. The minimum atomic E-state index is -0.132. The first-order valence-corrected chi connectivity index (χ1v) is 6.13. The average molecular weight is 246 g/mol. The van der Waals surface area contributed by atoms with E-state index >= 15 is 0 Å². The van der Waals surface area contributed by atoms with Crippen molar-refractivity contribution in [3.05, 3.63) is 35.4 Å². The Morgan fingerprint density at radius 1 is 1.44 bits per heavy atom. The van der Waals surface area contributed by atoms with E-state index in [9.17, 15) is 4.79 Å². The Kier molecular flexibility index (Phi) is 3.82. The zero-order chi connectivity index (χ0) is 13.0. The van der Waals surface area contributed by atoms with Gasteiger partial charge in [-0.15, -0.1) is 0 Å². The van der Waals surface area contributed by atoms with Gasteiger partial charge in [0.05, 0.1) is 0 Å². The van der Waals surface area contributed by atoms with Crippen LogP contribution in [0.15, 0.2) is 24.3 Å². The third-order valence-corrected chi connectivity index (χ3v) is 3.13. The molecule has 0 atom stereocenters. The van der Waals surface area contributed by atoms with Crippen LogP contribution in [0, 0.1) is 5.41 Å². The van der Waals surface area contributed by atoms with Gasteiger partial charge in [-0.3, -0.25) is 5.41 Å². The van der Waals surface area contributed by atoms with E-state index in [1.54, 1.807) is 6.07 Å². The van der Waals surface area contributed by atoms with Crippen molar-refractivity contribution in [1.29, 1.82) is 5.41 Å². The molecule has 1 aliphatic rings. The summed E-state index contributed by atoms with van der Waals surface area (Å²) in [4.78, 5) is 11.5. The summed E-state index contributed by atoms with van der Waals surface area (Å²) < 4.78 is 0. The highest BCUT2D eigenvalue weighted by molar-refractivity contribution is 5.95. The van der Waals surface area contributed by atoms with Crippen molar-refractivity contribution < 1.29 is 4.79 Å². The van der Waals surface area contributed by atoms with E-state index in [0.29, 0.717) is 18.2 Å². The highest BCUT2D eigenvalue weighted by Gasteiger charge is 2.18. The Hall–Kier alpha value is -2.04. The second-order valence-electron chi connectivity index (χ2n) is 4.57. The van der Waals surface area contributed by atoms with Gasteiger partial charge in [-0.2, -0.15) is 0 Å². The molecule has 96 valence electrons. The number of amidine groups is 1. The summed E-state index contributed by atoms with van der Waals surface area (Å²) in [7, 11) is 0. The minimum absolute atomic E-state index is 0.0377. The number of hydrogen-bond acceptors (Lipinski definition) is 2. The number of carbonyl (C=O) groups excluding carboxylic acids is 1. The SMILES string of the molecule is N=C(N)c1cccc(CNC(=O)NC2CCC2)c1. The maximum Gasteiger partial charge on any atom is 0.315 e. The molecule has 0 radical (unpaired) electrons. The highest BCUT2D eigenvalue weighted by atomic mass is 16.2. The molecule has 2 rings (SSSR count). The number of carbonyl (C=O) groups is 1. The van der Waals surface area contributed by atoms with Crippen molar-refractivity contribution in [3.8, 4) is 0 Å². The quantitative estimate of drug-likeness (QED) is 0.476. The van der Waals surface area contributed by atoms with Crippen LogP contribution in [0.4, 0.5) is 4.79 Å². The van der Waals surface area contributed by atoms with Crippen LogP contribution in [0.5, 0.6) is 0 Å². The summed E-state index contributed by atoms with van der Waals surface area (Å²) in [5.41, 5.74) is 7.02. The zero-order valence-electron chi connectivity index (χ0n) is 10.2. The first kappa shape index (κ1) is 12.4. The molecular formula is C13H18N4O. The van der Waals surface area contributed by atoms with E-state index < -0.39 is 0 Å². The summed E-state index contributed by atoms with van der Waals surface area (Å²) in [6, 6.07) is 7.53. The van der Waals surface area contributed by atoms with Crippen molar-refractivity contribution in [3.63, 3.8) is 0 Å². The van der Waals surface area contributed by atoms with Crippen LogP contribution in [-0.4, -0.2) is 17.9 Å². The molecule has 1 fully saturated rings. The highest BCUT2D eigenvalue weighted by Crippen LogP contribution is 2.17. The Morgan fingerprint density at radius 2 is 2.22 bits per heavy atom. The molecule has 18 heavy (non-hydrogen) atoms. The van der Waals surface area contributed by atoms with E-state index in [-0.39, 0.29) is 11.9 Å². The number of benzene rings is 1. The molecule has 0 saturated heterocycles. The summed E-state index contributed by atoms with van der Waals surface area (Å²) in [6.07, 6.45) is 3.35. The fourth-order valence-corrected chi connectivity index (χ4v) is 1.82. The van der Waals surface area contributed by atoms with E-state index in [4.69, 9.17) is 11.1 Å². The van der Waals surface area contributed by atoms with Crippen molar-refractivity contribution in [2.24, 2.45) is 5.73 Å². The minimum Gasteiger partial charge on any atom is -0.384 e. The molecule has 5 nitrogen and oxygen atoms in total. The number of urea groups is 1. The summed E-state index contributed by atoms with van der Waals surface area (Å²) >= 11 is 0. The molecular weight excluding hydrogens is 228 g/mol. The van der Waals surface area contributed by atoms with Gasteiger partial charge in [0.2, 0.25) is 0 Å². The molecule has 0 unspecified atom stereocenters. The van der Waals surface area contributed by atoms with Crippen LogP contribution in [0.1, 0.15) is 30.4 Å². The van der Waals surface area contributed by atoms with E-state index in [0.717, 1.165) is 18.4 Å². The number of hydrogen-bond donors (Lipinski definition) is 4. The van der Waals surface area contributed by atoms with Crippen LogP contribution < -0.4 is 16.4 Å². The van der Waals surface area contributed by atoms with Gasteiger partial charge >= 0.3 is 6.03 Å². The van der Waals surface area contributed by atoms with E-state index in [2.05, 4.69) is 10.6 Å². The van der Waals surface area contributed by atoms with Gasteiger partial charge in [0.15, 0.2) is 0 Å². The Bertz CT molecular complexity index is 454. The second-order valence-corrected chi connectivity index (χ2v) is 4.57. The zero-order valence-corrected chi connectivity index (χ0v) is 10.2. The lowest BCUT2D eigenvalue weighted by Crippen LogP contribution is -2.44. The first-order valence-electron chi connectivity index (χ1n) is 6.13. The van der Waals surface area contributed by atoms with Crippen molar-refractivity contribution in [2.45, 2.75) is 31.8 Å². The number of nitrogens with one attached hydrogen (secondary N) is 3. The largest absolute Gasteiger partial charge is 0.384 e. The van der Waals surface area contributed by atoms with Crippen LogP contribution >= 0.6 is 0 Å². The van der Waals surface area contributed by atoms with Gasteiger partial charge < -0.3 is 16.4 Å². The molecule has 0 heterocycles. The van der Waals surface area contributed by atoms with Crippen LogP contribution in [-0.2, 0) is 6.54 Å². The van der Waals surface area contributed by atoms with Crippen molar-refractivity contribution in [2.75, 3.05) is 0 Å². The number of nitrogen functional groups attached to an aromatic ring is 1. The van der Waals surface area contributed by atoms with Crippen LogP contribution in [0.25, 0.3) is 0 Å². The molecule has 0 aliphatic heterocycles. The fraction of sp³-hybridized carbons (Fsp3) is 0.385. The van der Waals surface area contributed by atoms with Gasteiger partial charge in [0.25, 0.3) is 0 Å². The maximum absolute atomic E-state index is 11.5. The molecule has 1 aromatic carbocycles. The smallest absolute Gasteiger partial charge is 0.315 e. The van der Waals surface area contributed by atoms with Gasteiger partial charge in [0.1, 0.15) is 5.84 Å². The van der Waals surface area contributed by atoms with E-state index in [1.165, 1.54) is 6.42 Å². The van der Waals surface area contributed by atoms with Gasteiger partial charge in [-0.25, -0.2) is 4.79 Å². The lowest BCUT2D eigenvalue weighted by Gasteiger charge is -2.26. The van der Waals surface area contributed by atoms with Gasteiger partial charge in [-0.05, 0) is 30.9 Å². The average Bonchev–Trinajstić information content (AvgIpc) is 2.31. The third kappa shape index (κ3) is 3.23. The standard InChI is InChI=1S/C13H18N4O/c14-12(15)10-4-1-3-9(7-10)8-16-13(18)17-11-5-2-6-11/h1,3-4,7,11H,2,5-6,8H2,(H3,14,15)(H2,16,17,18). The summed E-state index contributed by atoms with van der Waals surface area (Å²) in [5, 5.41) is 13.1. The first-order chi connectivity index (χ1) is 8.65. The number of nitrogens with two attached hydrogens (primary N) is 1. The topological polar surface area (TPSA) is 91.0 Å². The van der Waals surface area contributed by atoms with E-state index in [1.807, 2.05) is 18.2 Å². The summed E-state index contributed by atoms with van der Waals surface area (Å²) in [6.45, 7) is 0.444. The number of rotatable bonds is 4. The Balaban J connectivity index is 1.83. The molecule has 0 spiro atoms. The lowest BCUT2D eigenvalue weighted by atomic mass is 9.93. The Labute approximate surface area is 106 Å². The molecule has 0 bridgehead atoms. The van der Waals surface area contributed by atoms with Crippen molar-refractivity contribution >= 4 is 11.9 Å². The van der Waals surface area contributed by atoms with Gasteiger partial charge in [0, 0.05) is 18.2 Å². The fourth-order valence-electron chi connectivity index (χ4n) is 1.82. The normalized spacial score (nSPS) is 14.7. The molecule has 1 aromatic rings. The molecule has 2 amide bonds. The predicted molar refractivity (Wildman–Crippen MR) is 70.5 cm³/mol. The molecule has 0 aromatic heterocycles. The monoisotopic (exact) mass is 246 g/mol. The van der Waals surface area contributed by atoms with Crippen LogP contribution in [0.2, 0.25) is 0 Å². The van der Waals surface area contributed by atoms with Crippen molar-refractivity contribution in [1.82, 2.24) is 10.6 Å². The predicted octanol–water partition coefficient (Wildman–Crippen LogP) is 1.32. The molecule has 1 saturated carbocycles. The maximum atomic E-state index is 11.5.